The third-order valence-electron chi connectivity index (χ3n) is 8.78. The molecular weight excluding hydrogens is 420 g/mol. The second kappa shape index (κ2) is 27.0. The topological polar surface area (TPSA) is 0 Å². The molecule has 0 aliphatic rings. The van der Waals surface area contributed by atoms with Crippen molar-refractivity contribution in [3.8, 4) is 0 Å². The van der Waals surface area contributed by atoms with E-state index in [4.69, 9.17) is 0 Å². The van der Waals surface area contributed by atoms with Crippen LogP contribution >= 0.6 is 0 Å². The lowest BCUT2D eigenvalue weighted by molar-refractivity contribution is 0.378. The maximum Gasteiger partial charge on any atom is -0.0443 e. The van der Waals surface area contributed by atoms with Gasteiger partial charge in [0.1, 0.15) is 0 Å². The van der Waals surface area contributed by atoms with Gasteiger partial charge in [-0.05, 0) is 23.7 Å². The molecule has 0 radical (unpaired) electrons. The van der Waals surface area contributed by atoms with Crippen LogP contribution in [-0.2, 0) is 0 Å². The summed E-state index contributed by atoms with van der Waals surface area (Å²) in [5.41, 5.74) is 0. The standard InChI is InChI=1S/C35H72/c1-7-9-11-13-14-15-16-19-25-33(4)29-23-31-35(6)27-21-17-20-26-34(5)30-22-28-32(3)24-18-12-10-8-2/h32-35H,7-31H2,1-6H3. The zero-order valence-corrected chi connectivity index (χ0v) is 26.0. The van der Waals surface area contributed by atoms with Crippen molar-refractivity contribution in [3.63, 3.8) is 0 Å². The normalized spacial score (nSPS) is 15.3. The summed E-state index contributed by atoms with van der Waals surface area (Å²) in [6.07, 6.45) is 36.4. The molecule has 0 spiro atoms. The van der Waals surface area contributed by atoms with Gasteiger partial charge in [-0.3, -0.25) is 0 Å². The molecule has 0 nitrogen and oxygen atoms in total. The summed E-state index contributed by atoms with van der Waals surface area (Å²) in [7, 11) is 0. The Morgan fingerprint density at radius 3 is 0.771 bits per heavy atom. The minimum Gasteiger partial charge on any atom is -0.0654 e. The van der Waals surface area contributed by atoms with Gasteiger partial charge in [-0.15, -0.1) is 0 Å². The fourth-order valence-corrected chi connectivity index (χ4v) is 5.92. The van der Waals surface area contributed by atoms with E-state index in [1.165, 1.54) is 161 Å². The largest absolute Gasteiger partial charge is 0.0654 e. The molecule has 0 fully saturated rings. The smallest absolute Gasteiger partial charge is 0.0443 e. The molecule has 0 aromatic heterocycles. The molecule has 0 rings (SSSR count). The SMILES string of the molecule is CCCCCCCCCCC(C)CCCC(C)CCCCCC(C)CCCC(C)CCCCCC. The van der Waals surface area contributed by atoms with E-state index in [1.807, 2.05) is 0 Å². The Labute approximate surface area is 225 Å². The lowest BCUT2D eigenvalue weighted by Crippen LogP contribution is -2.00. The Kier molecular flexibility index (Phi) is 27.0. The van der Waals surface area contributed by atoms with Crippen molar-refractivity contribution in [1.82, 2.24) is 0 Å². The molecule has 0 aliphatic heterocycles. The van der Waals surface area contributed by atoms with Gasteiger partial charge in [-0.2, -0.15) is 0 Å². The third-order valence-corrected chi connectivity index (χ3v) is 8.78. The summed E-state index contributed by atoms with van der Waals surface area (Å²) in [5, 5.41) is 0. The summed E-state index contributed by atoms with van der Waals surface area (Å²) in [6, 6.07) is 0. The molecule has 0 N–H and O–H groups in total. The summed E-state index contributed by atoms with van der Waals surface area (Å²) in [6.45, 7) is 14.6. The summed E-state index contributed by atoms with van der Waals surface area (Å²) >= 11 is 0. The Hall–Kier alpha value is 0. The van der Waals surface area contributed by atoms with Crippen LogP contribution in [0.3, 0.4) is 0 Å². The second-order valence-corrected chi connectivity index (χ2v) is 13.0. The van der Waals surface area contributed by atoms with Crippen molar-refractivity contribution in [3.05, 3.63) is 0 Å². The van der Waals surface area contributed by atoms with Gasteiger partial charge >= 0.3 is 0 Å². The minimum atomic E-state index is 0.946. The van der Waals surface area contributed by atoms with E-state index in [2.05, 4.69) is 41.5 Å². The Bertz CT molecular complexity index is 385. The van der Waals surface area contributed by atoms with Gasteiger partial charge in [0.25, 0.3) is 0 Å². The highest BCUT2D eigenvalue weighted by atomic mass is 14.1. The highest BCUT2D eigenvalue weighted by molar-refractivity contribution is 4.61. The van der Waals surface area contributed by atoms with Crippen LogP contribution in [0.4, 0.5) is 0 Å². The van der Waals surface area contributed by atoms with E-state index >= 15 is 0 Å². The number of unbranched alkanes of at least 4 members (excludes halogenated alkanes) is 12. The van der Waals surface area contributed by atoms with Gasteiger partial charge in [0.05, 0.1) is 0 Å². The first-order chi connectivity index (χ1) is 17.0. The Morgan fingerprint density at radius 2 is 0.457 bits per heavy atom. The molecule has 0 saturated heterocycles. The van der Waals surface area contributed by atoms with Gasteiger partial charge in [0, 0.05) is 0 Å². The zero-order valence-electron chi connectivity index (χ0n) is 26.0. The van der Waals surface area contributed by atoms with Crippen LogP contribution in [0.5, 0.6) is 0 Å². The average Bonchev–Trinajstić information content (AvgIpc) is 2.83. The molecule has 0 aromatic rings. The Balaban J connectivity index is 3.46. The van der Waals surface area contributed by atoms with Gasteiger partial charge in [0.15, 0.2) is 0 Å². The maximum absolute atomic E-state index is 2.51. The van der Waals surface area contributed by atoms with Gasteiger partial charge in [-0.25, -0.2) is 0 Å². The number of rotatable bonds is 28. The fraction of sp³-hybridized carbons (Fsp3) is 1.00. The lowest BCUT2D eigenvalue weighted by atomic mass is 9.91. The predicted octanol–water partition coefficient (Wildman–Crippen LogP) is 13.3. The minimum absolute atomic E-state index is 0.946. The molecule has 212 valence electrons. The average molecular weight is 493 g/mol. The van der Waals surface area contributed by atoms with Crippen molar-refractivity contribution in [2.24, 2.45) is 23.7 Å². The van der Waals surface area contributed by atoms with E-state index in [0.29, 0.717) is 0 Å². The molecule has 0 amide bonds. The fourth-order valence-electron chi connectivity index (χ4n) is 5.92. The summed E-state index contributed by atoms with van der Waals surface area (Å²) in [5.74, 6) is 3.80. The van der Waals surface area contributed by atoms with Crippen molar-refractivity contribution < 1.29 is 0 Å². The second-order valence-electron chi connectivity index (χ2n) is 13.0. The van der Waals surface area contributed by atoms with E-state index in [1.54, 1.807) is 0 Å². The molecular formula is C35H72. The highest BCUT2D eigenvalue weighted by Gasteiger charge is 2.08. The quantitative estimate of drug-likeness (QED) is 0.0952. The first-order valence-corrected chi connectivity index (χ1v) is 17.0. The van der Waals surface area contributed by atoms with Crippen LogP contribution in [0, 0.1) is 23.7 Å². The van der Waals surface area contributed by atoms with Crippen molar-refractivity contribution in [2.75, 3.05) is 0 Å². The molecule has 4 unspecified atom stereocenters. The molecule has 4 atom stereocenters. The summed E-state index contributed by atoms with van der Waals surface area (Å²) in [4.78, 5) is 0. The number of hydrogen-bond donors (Lipinski definition) is 0. The molecule has 0 aliphatic carbocycles. The predicted molar refractivity (Wildman–Crippen MR) is 163 cm³/mol. The number of hydrogen-bond acceptors (Lipinski definition) is 0. The van der Waals surface area contributed by atoms with Gasteiger partial charge < -0.3 is 0 Å². The highest BCUT2D eigenvalue weighted by Crippen LogP contribution is 2.24. The molecule has 0 saturated carbocycles. The molecule has 0 heterocycles. The van der Waals surface area contributed by atoms with E-state index in [0.717, 1.165) is 23.7 Å². The van der Waals surface area contributed by atoms with Crippen molar-refractivity contribution in [1.29, 1.82) is 0 Å². The molecule has 35 heavy (non-hydrogen) atoms. The van der Waals surface area contributed by atoms with Crippen LogP contribution < -0.4 is 0 Å². The molecule has 0 heteroatoms. The van der Waals surface area contributed by atoms with Crippen LogP contribution in [0.15, 0.2) is 0 Å². The lowest BCUT2D eigenvalue weighted by Gasteiger charge is -2.16. The maximum atomic E-state index is 2.51. The monoisotopic (exact) mass is 493 g/mol. The van der Waals surface area contributed by atoms with Crippen molar-refractivity contribution >= 4 is 0 Å². The van der Waals surface area contributed by atoms with Gasteiger partial charge in [-0.1, -0.05) is 202 Å². The van der Waals surface area contributed by atoms with Crippen LogP contribution in [0.25, 0.3) is 0 Å². The first-order valence-electron chi connectivity index (χ1n) is 17.0. The molecule has 0 aromatic carbocycles. The summed E-state index contributed by atoms with van der Waals surface area (Å²) < 4.78 is 0. The van der Waals surface area contributed by atoms with Crippen molar-refractivity contribution in [2.45, 2.75) is 202 Å². The van der Waals surface area contributed by atoms with E-state index in [-0.39, 0.29) is 0 Å². The van der Waals surface area contributed by atoms with Crippen LogP contribution in [-0.4, -0.2) is 0 Å². The third kappa shape index (κ3) is 26.9. The van der Waals surface area contributed by atoms with E-state index in [9.17, 15) is 0 Å². The van der Waals surface area contributed by atoms with E-state index < -0.39 is 0 Å². The van der Waals surface area contributed by atoms with Crippen LogP contribution in [0.1, 0.15) is 202 Å². The molecule has 0 bridgehead atoms. The zero-order chi connectivity index (χ0) is 26.0. The first kappa shape index (κ1) is 35.0. The Morgan fingerprint density at radius 1 is 0.257 bits per heavy atom. The van der Waals surface area contributed by atoms with Crippen LogP contribution in [0.2, 0.25) is 0 Å². The van der Waals surface area contributed by atoms with Gasteiger partial charge in [0.2, 0.25) is 0 Å².